The number of nitrogens with one attached hydrogen (secondary N) is 1. The van der Waals surface area contributed by atoms with Gasteiger partial charge in [0.05, 0.1) is 19.0 Å². The number of fused-ring (bicyclic) bond motifs is 5. The minimum atomic E-state index is -1.18. The van der Waals surface area contributed by atoms with Gasteiger partial charge in [-0.25, -0.2) is 18.2 Å². The highest BCUT2D eigenvalue weighted by Crippen LogP contribution is 2.46. The van der Waals surface area contributed by atoms with Crippen molar-refractivity contribution in [2.45, 2.75) is 63.3 Å². The van der Waals surface area contributed by atoms with Gasteiger partial charge in [0.25, 0.3) is 11.8 Å². The Kier molecular flexibility index (Phi) is 7.34. The van der Waals surface area contributed by atoms with Crippen molar-refractivity contribution in [1.29, 1.82) is 0 Å². The van der Waals surface area contributed by atoms with E-state index in [0.29, 0.717) is 44.7 Å². The SMILES string of the molecule is CC1CCC2(CC(=O)N(CC3CCOCC3)O2)C2CN1C(=O)c1cc(=O)c(C(=O)NCc3c(F)cc(F)cc3F)cn12. The van der Waals surface area contributed by atoms with Gasteiger partial charge in [-0.15, -0.1) is 0 Å². The van der Waals surface area contributed by atoms with Crippen LogP contribution >= 0.6 is 0 Å². The first-order valence-corrected chi connectivity index (χ1v) is 14.1. The van der Waals surface area contributed by atoms with Gasteiger partial charge < -0.3 is 19.5 Å². The first-order valence-electron chi connectivity index (χ1n) is 14.1. The van der Waals surface area contributed by atoms with Crippen LogP contribution in [0.2, 0.25) is 0 Å². The van der Waals surface area contributed by atoms with Crippen LogP contribution in [0, 0.1) is 23.4 Å². The lowest BCUT2D eigenvalue weighted by Gasteiger charge is -2.42. The second-order valence-electron chi connectivity index (χ2n) is 11.6. The Labute approximate surface area is 239 Å². The zero-order valence-electron chi connectivity index (χ0n) is 23.0. The average molecular weight is 589 g/mol. The number of carbonyl (C=O) groups excluding carboxylic acids is 3. The van der Waals surface area contributed by atoms with Crippen molar-refractivity contribution in [3.63, 3.8) is 0 Å². The summed E-state index contributed by atoms with van der Waals surface area (Å²) in [5, 5.41) is 3.74. The fraction of sp³-hybridized carbons (Fsp3) is 0.517. The molecule has 13 heteroatoms. The molecule has 0 aliphatic carbocycles. The van der Waals surface area contributed by atoms with Crippen LogP contribution in [-0.4, -0.2) is 70.2 Å². The predicted octanol–water partition coefficient (Wildman–Crippen LogP) is 2.70. The summed E-state index contributed by atoms with van der Waals surface area (Å²) in [6, 6.07) is 1.32. The third kappa shape index (κ3) is 4.98. The number of carbonyl (C=O) groups is 3. The summed E-state index contributed by atoms with van der Waals surface area (Å²) in [5.41, 5.74) is -2.61. The lowest BCUT2D eigenvalue weighted by atomic mass is 9.85. The van der Waals surface area contributed by atoms with Crippen molar-refractivity contribution in [1.82, 2.24) is 19.8 Å². The molecule has 2 bridgehead atoms. The molecular weight excluding hydrogens is 557 g/mol. The van der Waals surface area contributed by atoms with E-state index >= 15 is 0 Å². The highest BCUT2D eigenvalue weighted by molar-refractivity contribution is 5.97. The first-order chi connectivity index (χ1) is 20.1. The largest absolute Gasteiger partial charge is 0.381 e. The summed E-state index contributed by atoms with van der Waals surface area (Å²) in [5.74, 6) is -4.68. The van der Waals surface area contributed by atoms with Crippen LogP contribution in [0.5, 0.6) is 0 Å². The number of pyridine rings is 1. The number of rotatable bonds is 5. The van der Waals surface area contributed by atoms with Crippen molar-refractivity contribution in [3.05, 3.63) is 68.9 Å². The molecule has 2 aromatic rings. The monoisotopic (exact) mass is 588 g/mol. The highest BCUT2D eigenvalue weighted by atomic mass is 19.1. The van der Waals surface area contributed by atoms with Crippen molar-refractivity contribution in [3.8, 4) is 0 Å². The minimum Gasteiger partial charge on any atom is -0.381 e. The van der Waals surface area contributed by atoms with E-state index in [4.69, 9.17) is 9.57 Å². The fourth-order valence-corrected chi connectivity index (χ4v) is 6.50. The normalized spacial score (nSPS) is 26.0. The van der Waals surface area contributed by atoms with E-state index in [-0.39, 0.29) is 48.0 Å². The molecule has 42 heavy (non-hydrogen) atoms. The van der Waals surface area contributed by atoms with E-state index in [1.807, 2.05) is 6.92 Å². The van der Waals surface area contributed by atoms with Gasteiger partial charge in [0.1, 0.15) is 34.3 Å². The highest BCUT2D eigenvalue weighted by Gasteiger charge is 2.56. The van der Waals surface area contributed by atoms with E-state index in [9.17, 15) is 32.3 Å². The molecule has 4 aliphatic rings. The zero-order valence-corrected chi connectivity index (χ0v) is 23.0. The molecule has 4 aliphatic heterocycles. The maximum atomic E-state index is 14.1. The zero-order chi connectivity index (χ0) is 29.8. The molecule has 1 N–H and O–H groups in total. The van der Waals surface area contributed by atoms with Crippen molar-refractivity contribution in [2.24, 2.45) is 5.92 Å². The van der Waals surface area contributed by atoms with E-state index in [1.54, 1.807) is 4.90 Å². The molecule has 3 fully saturated rings. The number of benzene rings is 1. The number of halogens is 3. The molecule has 224 valence electrons. The van der Waals surface area contributed by atoms with Crippen LogP contribution < -0.4 is 10.7 Å². The number of nitrogens with zero attached hydrogens (tertiary/aromatic N) is 3. The van der Waals surface area contributed by atoms with Crippen LogP contribution in [-0.2, 0) is 20.9 Å². The summed E-state index contributed by atoms with van der Waals surface area (Å²) in [4.78, 5) is 61.0. The average Bonchev–Trinajstić information content (AvgIpc) is 3.20. The molecule has 1 aromatic carbocycles. The number of aromatic nitrogens is 1. The van der Waals surface area contributed by atoms with Crippen LogP contribution in [0.3, 0.4) is 0 Å². The van der Waals surface area contributed by atoms with Gasteiger partial charge in [-0.2, -0.15) is 0 Å². The maximum absolute atomic E-state index is 14.1. The molecular formula is C29H31F3N4O6. The molecule has 3 unspecified atom stereocenters. The van der Waals surface area contributed by atoms with Crippen LogP contribution in [0.25, 0.3) is 0 Å². The van der Waals surface area contributed by atoms with Crippen LogP contribution in [0.4, 0.5) is 13.2 Å². The lowest BCUT2D eigenvalue weighted by molar-refractivity contribution is -0.219. The van der Waals surface area contributed by atoms with Gasteiger partial charge in [0.15, 0.2) is 5.43 Å². The summed E-state index contributed by atoms with van der Waals surface area (Å²) in [6.07, 6.45) is 4.01. The Morgan fingerprint density at radius 3 is 2.50 bits per heavy atom. The topological polar surface area (TPSA) is 110 Å². The first kappa shape index (κ1) is 28.4. The molecule has 0 saturated carbocycles. The van der Waals surface area contributed by atoms with Gasteiger partial charge in [0, 0.05) is 62.3 Å². The Morgan fingerprint density at radius 1 is 1.07 bits per heavy atom. The van der Waals surface area contributed by atoms with Crippen LogP contribution in [0.15, 0.2) is 29.2 Å². The molecule has 0 radical (unpaired) electrons. The summed E-state index contributed by atoms with van der Waals surface area (Å²) >= 11 is 0. The number of amides is 3. The molecule has 6 rings (SSSR count). The van der Waals surface area contributed by atoms with E-state index < -0.39 is 52.5 Å². The van der Waals surface area contributed by atoms with Crippen molar-refractivity contribution >= 4 is 17.7 Å². The van der Waals surface area contributed by atoms with Gasteiger partial charge >= 0.3 is 0 Å². The third-order valence-corrected chi connectivity index (χ3v) is 8.95. The minimum absolute atomic E-state index is 0.0653. The second kappa shape index (κ2) is 10.8. The van der Waals surface area contributed by atoms with E-state index in [0.717, 1.165) is 18.9 Å². The predicted molar refractivity (Wildman–Crippen MR) is 141 cm³/mol. The van der Waals surface area contributed by atoms with Gasteiger partial charge in [-0.3, -0.25) is 24.0 Å². The number of hydrogen-bond acceptors (Lipinski definition) is 6. The van der Waals surface area contributed by atoms with Gasteiger partial charge in [0.2, 0.25) is 5.91 Å². The van der Waals surface area contributed by atoms with Crippen LogP contribution in [0.1, 0.15) is 71.5 Å². The smallest absolute Gasteiger partial charge is 0.270 e. The molecule has 3 amide bonds. The maximum Gasteiger partial charge on any atom is 0.270 e. The van der Waals surface area contributed by atoms with Gasteiger partial charge in [-0.05, 0) is 38.5 Å². The Balaban J connectivity index is 1.32. The summed E-state index contributed by atoms with van der Waals surface area (Å²) in [6.45, 7) is 3.17. The lowest BCUT2D eigenvalue weighted by Crippen LogP contribution is -2.52. The second-order valence-corrected chi connectivity index (χ2v) is 11.6. The van der Waals surface area contributed by atoms with Crippen molar-refractivity contribution < 1.29 is 37.1 Å². The Bertz CT molecular complexity index is 1490. The standard InChI is InChI=1S/C29H31F3N4O6/c1-16-2-5-29(11-26(38)36(42-29)13-17-3-6-41-7-4-17)25-15-34(16)28(40)23-10-24(37)20(14-35(23)25)27(39)33-12-19-21(31)8-18(30)9-22(19)32/h8-10,14,16-17,25H,2-7,11-13,15H2,1H3,(H,33,39). The molecule has 1 aromatic heterocycles. The Morgan fingerprint density at radius 2 is 1.79 bits per heavy atom. The van der Waals surface area contributed by atoms with Crippen molar-refractivity contribution in [2.75, 3.05) is 26.3 Å². The third-order valence-electron chi connectivity index (χ3n) is 8.95. The molecule has 3 atom stereocenters. The van der Waals surface area contributed by atoms with Gasteiger partial charge in [-0.1, -0.05) is 0 Å². The molecule has 3 saturated heterocycles. The van der Waals surface area contributed by atoms with E-state index in [1.165, 1.54) is 15.8 Å². The Hall–Kier alpha value is -3.71. The quantitative estimate of drug-likeness (QED) is 0.576. The molecule has 5 heterocycles. The summed E-state index contributed by atoms with van der Waals surface area (Å²) in [7, 11) is 0. The fourth-order valence-electron chi connectivity index (χ4n) is 6.50. The molecule has 10 nitrogen and oxygen atoms in total. The number of hydroxylamine groups is 2. The number of ether oxygens (including phenoxy) is 1. The summed E-state index contributed by atoms with van der Waals surface area (Å²) < 4.78 is 48.5. The molecule has 1 spiro atoms. The van der Waals surface area contributed by atoms with E-state index in [2.05, 4.69) is 5.32 Å². The number of hydrogen-bond donors (Lipinski definition) is 1.